The minimum absolute atomic E-state index is 0.0183. The molecule has 1 aliphatic heterocycles. The van der Waals surface area contributed by atoms with Crippen LogP contribution in [0.1, 0.15) is 17.2 Å². The van der Waals surface area contributed by atoms with Crippen LogP contribution in [0.2, 0.25) is 0 Å². The summed E-state index contributed by atoms with van der Waals surface area (Å²) in [6, 6.07) is 12.3. The number of piperazine rings is 1. The Bertz CT molecular complexity index is 813. The first-order valence-electron chi connectivity index (χ1n) is 8.15. The van der Waals surface area contributed by atoms with Gasteiger partial charge in [-0.3, -0.25) is 5.43 Å². The third kappa shape index (κ3) is 4.33. The molecule has 2 aromatic rings. The van der Waals surface area contributed by atoms with Crippen LogP contribution in [0.3, 0.4) is 0 Å². The predicted molar refractivity (Wildman–Crippen MR) is 103 cm³/mol. The van der Waals surface area contributed by atoms with Gasteiger partial charge >= 0.3 is 0 Å². The molecular weight excluding hydrogens is 356 g/mol. The molecule has 5 nitrogen and oxygen atoms in total. The summed E-state index contributed by atoms with van der Waals surface area (Å²) in [7, 11) is 0. The SMILES string of the molecule is NC(=S)NN=Cc1cc(F)c(N2CCN[C@H](c3ccccc3)C2)cc1F. The third-order valence-electron chi connectivity index (χ3n) is 4.16. The van der Waals surface area contributed by atoms with Crippen LogP contribution >= 0.6 is 12.2 Å². The zero-order valence-corrected chi connectivity index (χ0v) is 14.8. The van der Waals surface area contributed by atoms with Crippen molar-refractivity contribution in [3.63, 3.8) is 0 Å². The number of rotatable bonds is 4. The zero-order chi connectivity index (χ0) is 18.5. The molecule has 1 atom stereocenters. The molecule has 8 heteroatoms. The standard InChI is InChI=1S/C18H19F2N5S/c19-14-9-17(15(20)8-13(14)10-23-24-18(21)26)25-7-6-22-16(11-25)12-4-2-1-3-5-12/h1-5,8-10,16,22H,6-7,11H2,(H3,21,24,26)/t16-/m0/s1. The van der Waals surface area contributed by atoms with Gasteiger partial charge in [0.15, 0.2) is 5.11 Å². The number of halogens is 2. The van der Waals surface area contributed by atoms with E-state index in [0.717, 1.165) is 17.8 Å². The van der Waals surface area contributed by atoms with Gasteiger partial charge in [-0.2, -0.15) is 5.10 Å². The molecule has 4 N–H and O–H groups in total. The molecule has 0 amide bonds. The van der Waals surface area contributed by atoms with Gasteiger partial charge in [-0.05, 0) is 23.8 Å². The highest BCUT2D eigenvalue weighted by Crippen LogP contribution is 2.27. The van der Waals surface area contributed by atoms with Crippen molar-refractivity contribution in [3.05, 3.63) is 65.2 Å². The fourth-order valence-electron chi connectivity index (χ4n) is 2.94. The fourth-order valence-corrected chi connectivity index (χ4v) is 2.99. The number of benzene rings is 2. The summed E-state index contributed by atoms with van der Waals surface area (Å²) in [4.78, 5) is 1.85. The van der Waals surface area contributed by atoms with E-state index in [1.807, 2.05) is 35.2 Å². The lowest BCUT2D eigenvalue weighted by Crippen LogP contribution is -2.46. The highest BCUT2D eigenvalue weighted by atomic mass is 32.1. The minimum atomic E-state index is -0.565. The molecule has 136 valence electrons. The summed E-state index contributed by atoms with van der Waals surface area (Å²) >= 11 is 4.60. The van der Waals surface area contributed by atoms with Gasteiger partial charge in [-0.15, -0.1) is 0 Å². The lowest BCUT2D eigenvalue weighted by molar-refractivity contribution is 0.465. The Balaban J connectivity index is 1.79. The summed E-state index contributed by atoms with van der Waals surface area (Å²) in [5, 5.41) is 7.02. The van der Waals surface area contributed by atoms with Crippen molar-refractivity contribution in [2.24, 2.45) is 10.8 Å². The van der Waals surface area contributed by atoms with Gasteiger partial charge in [-0.1, -0.05) is 30.3 Å². The van der Waals surface area contributed by atoms with Gasteiger partial charge in [-0.25, -0.2) is 8.78 Å². The fraction of sp³-hybridized carbons (Fsp3) is 0.222. The number of hydrogen-bond acceptors (Lipinski definition) is 4. The lowest BCUT2D eigenvalue weighted by atomic mass is 10.0. The number of nitrogens with zero attached hydrogens (tertiary/aromatic N) is 2. The van der Waals surface area contributed by atoms with Gasteiger partial charge in [0.05, 0.1) is 11.9 Å². The molecule has 0 aromatic heterocycles. The van der Waals surface area contributed by atoms with Gasteiger partial charge < -0.3 is 16.0 Å². The Morgan fingerprint density at radius 1 is 1.27 bits per heavy atom. The molecule has 0 saturated carbocycles. The minimum Gasteiger partial charge on any atom is -0.375 e. The van der Waals surface area contributed by atoms with Crippen molar-refractivity contribution in [3.8, 4) is 0 Å². The van der Waals surface area contributed by atoms with E-state index in [1.54, 1.807) is 0 Å². The summed E-state index contributed by atoms with van der Waals surface area (Å²) in [6.07, 6.45) is 1.14. The smallest absolute Gasteiger partial charge is 0.184 e. The lowest BCUT2D eigenvalue weighted by Gasteiger charge is -2.35. The second kappa shape index (κ2) is 8.20. The van der Waals surface area contributed by atoms with Gasteiger partial charge in [0.1, 0.15) is 11.6 Å². The van der Waals surface area contributed by atoms with Crippen molar-refractivity contribution >= 4 is 29.2 Å². The molecule has 1 fully saturated rings. The van der Waals surface area contributed by atoms with Gasteiger partial charge in [0.25, 0.3) is 0 Å². The second-order valence-corrected chi connectivity index (χ2v) is 6.36. The van der Waals surface area contributed by atoms with E-state index in [-0.39, 0.29) is 22.4 Å². The number of hydrazone groups is 1. The van der Waals surface area contributed by atoms with E-state index >= 15 is 0 Å². The molecule has 26 heavy (non-hydrogen) atoms. The molecule has 1 saturated heterocycles. The number of nitrogens with one attached hydrogen (secondary N) is 2. The van der Waals surface area contributed by atoms with Crippen LogP contribution in [0.5, 0.6) is 0 Å². The van der Waals surface area contributed by atoms with Crippen LogP contribution in [-0.4, -0.2) is 31.0 Å². The number of nitrogens with two attached hydrogens (primary N) is 1. The monoisotopic (exact) mass is 375 g/mol. The van der Waals surface area contributed by atoms with Crippen molar-refractivity contribution in [1.82, 2.24) is 10.7 Å². The molecule has 0 bridgehead atoms. The maximum Gasteiger partial charge on any atom is 0.184 e. The highest BCUT2D eigenvalue weighted by Gasteiger charge is 2.23. The average Bonchev–Trinajstić information content (AvgIpc) is 2.65. The van der Waals surface area contributed by atoms with E-state index in [0.29, 0.717) is 19.6 Å². The average molecular weight is 375 g/mol. The maximum atomic E-state index is 14.6. The summed E-state index contributed by atoms with van der Waals surface area (Å²) in [5.41, 5.74) is 8.92. The number of anilines is 1. The molecule has 1 aliphatic rings. The normalized spacial score (nSPS) is 17.5. The second-order valence-electron chi connectivity index (χ2n) is 5.92. The molecule has 0 aliphatic carbocycles. The third-order valence-corrected chi connectivity index (χ3v) is 4.25. The summed E-state index contributed by atoms with van der Waals surface area (Å²) in [6.45, 7) is 1.83. The van der Waals surface area contributed by atoms with Gasteiger partial charge in [0.2, 0.25) is 0 Å². The molecule has 1 heterocycles. The highest BCUT2D eigenvalue weighted by molar-refractivity contribution is 7.80. The van der Waals surface area contributed by atoms with E-state index in [4.69, 9.17) is 5.73 Å². The van der Waals surface area contributed by atoms with E-state index in [1.165, 1.54) is 6.07 Å². The maximum absolute atomic E-state index is 14.6. The first kappa shape index (κ1) is 18.2. The number of hydrogen-bond donors (Lipinski definition) is 3. The van der Waals surface area contributed by atoms with Crippen molar-refractivity contribution in [1.29, 1.82) is 0 Å². The number of thiocarbonyl (C=S) groups is 1. The van der Waals surface area contributed by atoms with Crippen LogP contribution in [0.25, 0.3) is 0 Å². The van der Waals surface area contributed by atoms with Crippen LogP contribution < -0.4 is 21.4 Å². The van der Waals surface area contributed by atoms with Crippen LogP contribution in [0.15, 0.2) is 47.6 Å². The van der Waals surface area contributed by atoms with E-state index in [2.05, 4.69) is 28.1 Å². The quantitative estimate of drug-likeness (QED) is 0.435. The molecule has 0 unspecified atom stereocenters. The largest absolute Gasteiger partial charge is 0.375 e. The van der Waals surface area contributed by atoms with Crippen molar-refractivity contribution in [2.75, 3.05) is 24.5 Å². The van der Waals surface area contributed by atoms with Crippen molar-refractivity contribution < 1.29 is 8.78 Å². The Labute approximate surface area is 155 Å². The van der Waals surface area contributed by atoms with Crippen LogP contribution in [-0.2, 0) is 0 Å². The molecule has 2 aromatic carbocycles. The van der Waals surface area contributed by atoms with E-state index < -0.39 is 11.6 Å². The van der Waals surface area contributed by atoms with Crippen molar-refractivity contribution in [2.45, 2.75) is 6.04 Å². The molecule has 0 radical (unpaired) electrons. The Kier molecular flexibility index (Phi) is 5.75. The molecule has 0 spiro atoms. The molecule has 3 rings (SSSR count). The predicted octanol–water partition coefficient (Wildman–Crippen LogP) is 2.28. The first-order valence-corrected chi connectivity index (χ1v) is 8.56. The molecular formula is C18H19F2N5S. The Morgan fingerprint density at radius 2 is 2.04 bits per heavy atom. The van der Waals surface area contributed by atoms with Gasteiger partial charge in [0, 0.05) is 37.3 Å². The van der Waals surface area contributed by atoms with E-state index in [9.17, 15) is 8.78 Å². The van der Waals surface area contributed by atoms with Crippen LogP contribution in [0, 0.1) is 11.6 Å². The summed E-state index contributed by atoms with van der Waals surface area (Å²) in [5.74, 6) is -1.07. The summed E-state index contributed by atoms with van der Waals surface area (Å²) < 4.78 is 28.9. The first-order chi connectivity index (χ1) is 12.5. The Morgan fingerprint density at radius 3 is 2.77 bits per heavy atom. The van der Waals surface area contributed by atoms with Crippen LogP contribution in [0.4, 0.5) is 14.5 Å². The zero-order valence-electron chi connectivity index (χ0n) is 14.0. The topological polar surface area (TPSA) is 65.7 Å². The Hall–Kier alpha value is -2.58.